The molecule has 0 saturated heterocycles. The van der Waals surface area contributed by atoms with Crippen molar-refractivity contribution in [1.82, 2.24) is 0 Å². The lowest BCUT2D eigenvalue weighted by atomic mass is 10.1. The summed E-state index contributed by atoms with van der Waals surface area (Å²) in [6.45, 7) is 0. The SMILES string of the molecule is COC(=O)[C@H](N=Nc1ccccc1)[C@H](O)C(F)(F)F. The zero-order chi connectivity index (χ0) is 14.5. The number of methoxy groups -OCH3 is 1. The van der Waals surface area contributed by atoms with Crippen molar-refractivity contribution in [2.45, 2.75) is 18.3 Å². The number of rotatable bonds is 4. The molecule has 0 aromatic heterocycles. The van der Waals surface area contributed by atoms with Crippen molar-refractivity contribution in [1.29, 1.82) is 0 Å². The van der Waals surface area contributed by atoms with Gasteiger partial charge in [-0.3, -0.25) is 0 Å². The highest BCUT2D eigenvalue weighted by Crippen LogP contribution is 2.25. The van der Waals surface area contributed by atoms with Gasteiger partial charge in [-0.05, 0) is 12.1 Å². The molecule has 2 atom stereocenters. The standard InChI is InChI=1S/C11H11F3N2O3/c1-19-10(18)8(9(17)11(12,13)14)16-15-7-5-3-2-4-6-7/h2-6,8-9,17H,1H3/t8-,9+/m1/s1. The monoisotopic (exact) mass is 276 g/mol. The van der Waals surface area contributed by atoms with Gasteiger partial charge >= 0.3 is 12.1 Å². The first kappa shape index (κ1) is 15.1. The topological polar surface area (TPSA) is 71.2 Å². The average Bonchev–Trinajstić information content (AvgIpc) is 2.38. The average molecular weight is 276 g/mol. The fourth-order valence-electron chi connectivity index (χ4n) is 1.16. The van der Waals surface area contributed by atoms with Crippen LogP contribution in [0.3, 0.4) is 0 Å². The van der Waals surface area contributed by atoms with Gasteiger partial charge in [0, 0.05) is 0 Å². The molecule has 0 amide bonds. The Balaban J connectivity index is 2.93. The molecule has 0 heterocycles. The van der Waals surface area contributed by atoms with Crippen molar-refractivity contribution in [2.24, 2.45) is 10.2 Å². The van der Waals surface area contributed by atoms with Gasteiger partial charge in [0.25, 0.3) is 0 Å². The largest absolute Gasteiger partial charge is 0.467 e. The van der Waals surface area contributed by atoms with Crippen molar-refractivity contribution in [3.63, 3.8) is 0 Å². The highest BCUT2D eigenvalue weighted by Gasteiger charge is 2.47. The van der Waals surface area contributed by atoms with E-state index >= 15 is 0 Å². The molecule has 1 N–H and O–H groups in total. The second kappa shape index (κ2) is 6.28. The van der Waals surface area contributed by atoms with Gasteiger partial charge in [-0.15, -0.1) is 0 Å². The van der Waals surface area contributed by atoms with E-state index in [9.17, 15) is 18.0 Å². The smallest absolute Gasteiger partial charge is 0.417 e. The van der Waals surface area contributed by atoms with Gasteiger partial charge in [-0.2, -0.15) is 23.4 Å². The van der Waals surface area contributed by atoms with E-state index in [1.165, 1.54) is 12.1 Å². The van der Waals surface area contributed by atoms with Gasteiger partial charge in [0.05, 0.1) is 12.8 Å². The molecule has 1 aromatic rings. The Morgan fingerprint density at radius 3 is 2.37 bits per heavy atom. The van der Waals surface area contributed by atoms with Crippen LogP contribution >= 0.6 is 0 Å². The maximum atomic E-state index is 12.4. The third-order valence-electron chi connectivity index (χ3n) is 2.13. The van der Waals surface area contributed by atoms with E-state index in [0.29, 0.717) is 0 Å². The Morgan fingerprint density at radius 1 is 1.32 bits per heavy atom. The Hall–Kier alpha value is -1.96. The van der Waals surface area contributed by atoms with E-state index in [4.69, 9.17) is 5.11 Å². The molecule has 0 radical (unpaired) electrons. The lowest BCUT2D eigenvalue weighted by Gasteiger charge is -2.18. The molecule has 0 aliphatic rings. The molecule has 1 rings (SSSR count). The lowest BCUT2D eigenvalue weighted by molar-refractivity contribution is -0.213. The first-order valence-corrected chi connectivity index (χ1v) is 5.14. The van der Waals surface area contributed by atoms with Crippen LogP contribution in [0.5, 0.6) is 0 Å². The Morgan fingerprint density at radius 2 is 1.89 bits per heavy atom. The van der Waals surface area contributed by atoms with Crippen molar-refractivity contribution < 1.29 is 27.8 Å². The predicted octanol–water partition coefficient (Wildman–Crippen LogP) is 2.24. The van der Waals surface area contributed by atoms with Crippen LogP contribution in [0, 0.1) is 0 Å². The fraction of sp³-hybridized carbons (Fsp3) is 0.364. The number of hydrogen-bond acceptors (Lipinski definition) is 5. The zero-order valence-corrected chi connectivity index (χ0v) is 9.83. The van der Waals surface area contributed by atoms with Crippen LogP contribution in [0.1, 0.15) is 0 Å². The number of alkyl halides is 3. The summed E-state index contributed by atoms with van der Waals surface area (Å²) in [7, 11) is 0.899. The number of azo groups is 1. The van der Waals surface area contributed by atoms with Gasteiger partial charge in [-0.25, -0.2) is 4.79 Å². The van der Waals surface area contributed by atoms with E-state index in [0.717, 1.165) is 7.11 Å². The molecule has 0 aliphatic heterocycles. The number of benzene rings is 1. The van der Waals surface area contributed by atoms with Gasteiger partial charge in [0.1, 0.15) is 0 Å². The summed E-state index contributed by atoms with van der Waals surface area (Å²) in [5, 5.41) is 15.7. The second-order valence-electron chi connectivity index (χ2n) is 3.51. The molecule has 0 bridgehead atoms. The number of hydrogen-bond donors (Lipinski definition) is 1. The molecule has 0 spiro atoms. The van der Waals surface area contributed by atoms with Crippen molar-refractivity contribution >= 4 is 11.7 Å². The summed E-state index contributed by atoms with van der Waals surface area (Å²) in [5.41, 5.74) is 0.255. The van der Waals surface area contributed by atoms with E-state index in [1.807, 2.05) is 0 Å². The number of carbonyl (C=O) groups excluding carboxylic acids is 1. The molecule has 0 aliphatic carbocycles. The lowest BCUT2D eigenvalue weighted by Crippen LogP contribution is -2.43. The Kier molecular flexibility index (Phi) is 4.99. The third kappa shape index (κ3) is 4.32. The molecule has 104 valence electrons. The highest BCUT2D eigenvalue weighted by molar-refractivity contribution is 5.76. The molecule has 0 saturated carbocycles. The summed E-state index contributed by atoms with van der Waals surface area (Å²) in [4.78, 5) is 11.2. The van der Waals surface area contributed by atoms with Crippen LogP contribution in [0.4, 0.5) is 18.9 Å². The third-order valence-corrected chi connectivity index (χ3v) is 2.13. The number of nitrogens with zero attached hydrogens (tertiary/aromatic N) is 2. The zero-order valence-electron chi connectivity index (χ0n) is 9.83. The minimum atomic E-state index is -4.99. The minimum absolute atomic E-state index is 0.255. The van der Waals surface area contributed by atoms with E-state index in [-0.39, 0.29) is 5.69 Å². The molecule has 1 aromatic carbocycles. The fourth-order valence-corrected chi connectivity index (χ4v) is 1.16. The maximum Gasteiger partial charge on any atom is 0.417 e. The number of ether oxygens (including phenoxy) is 1. The predicted molar refractivity (Wildman–Crippen MR) is 58.8 cm³/mol. The quantitative estimate of drug-likeness (QED) is 0.677. The molecule has 5 nitrogen and oxygen atoms in total. The molecule has 8 heteroatoms. The van der Waals surface area contributed by atoms with Gasteiger partial charge in [-0.1, -0.05) is 18.2 Å². The van der Waals surface area contributed by atoms with Gasteiger partial charge in [0.15, 0.2) is 6.10 Å². The highest BCUT2D eigenvalue weighted by atomic mass is 19.4. The molecule has 19 heavy (non-hydrogen) atoms. The summed E-state index contributed by atoms with van der Waals surface area (Å²) in [6, 6.07) is 5.70. The van der Waals surface area contributed by atoms with E-state index in [1.54, 1.807) is 18.2 Å². The number of carbonyl (C=O) groups is 1. The van der Waals surface area contributed by atoms with Crippen LogP contribution in [-0.4, -0.2) is 36.5 Å². The van der Waals surface area contributed by atoms with Crippen LogP contribution in [0.25, 0.3) is 0 Å². The normalized spacial score (nSPS) is 15.2. The number of halogens is 3. The van der Waals surface area contributed by atoms with E-state index in [2.05, 4.69) is 15.0 Å². The summed E-state index contributed by atoms with van der Waals surface area (Å²) in [6.07, 6.45) is -7.96. The summed E-state index contributed by atoms with van der Waals surface area (Å²) < 4.78 is 41.3. The van der Waals surface area contributed by atoms with Gasteiger partial charge in [0.2, 0.25) is 6.04 Å². The van der Waals surface area contributed by atoms with Crippen molar-refractivity contribution in [2.75, 3.05) is 7.11 Å². The molecule has 0 fully saturated rings. The Bertz CT molecular complexity index is 448. The molecular formula is C11H11F3N2O3. The van der Waals surface area contributed by atoms with Crippen LogP contribution in [0.2, 0.25) is 0 Å². The number of aliphatic hydroxyl groups is 1. The first-order chi connectivity index (χ1) is 8.86. The van der Waals surface area contributed by atoms with Gasteiger partial charge < -0.3 is 9.84 Å². The van der Waals surface area contributed by atoms with Crippen molar-refractivity contribution in [3.05, 3.63) is 30.3 Å². The molecule has 0 unspecified atom stereocenters. The minimum Gasteiger partial charge on any atom is -0.467 e. The number of esters is 1. The summed E-state index contributed by atoms with van der Waals surface area (Å²) >= 11 is 0. The second-order valence-corrected chi connectivity index (χ2v) is 3.51. The summed E-state index contributed by atoms with van der Waals surface area (Å²) in [5.74, 6) is -1.32. The van der Waals surface area contributed by atoms with Crippen molar-refractivity contribution in [3.8, 4) is 0 Å². The molecular weight excluding hydrogens is 265 g/mol. The maximum absolute atomic E-state index is 12.4. The van der Waals surface area contributed by atoms with E-state index < -0.39 is 24.3 Å². The van der Waals surface area contributed by atoms with Crippen LogP contribution in [-0.2, 0) is 9.53 Å². The van der Waals surface area contributed by atoms with Crippen LogP contribution < -0.4 is 0 Å². The Labute approximate surface area is 106 Å². The first-order valence-electron chi connectivity index (χ1n) is 5.14. The number of aliphatic hydroxyl groups excluding tert-OH is 1. The van der Waals surface area contributed by atoms with Crippen LogP contribution in [0.15, 0.2) is 40.6 Å².